The summed E-state index contributed by atoms with van der Waals surface area (Å²) in [5.74, 6) is -1.68. The van der Waals surface area contributed by atoms with Crippen LogP contribution in [0.5, 0.6) is 0 Å². The number of hydrogen-bond donors (Lipinski definition) is 1. The highest BCUT2D eigenvalue weighted by molar-refractivity contribution is 7.80. The van der Waals surface area contributed by atoms with E-state index < -0.39 is 28.5 Å². The molecule has 37 heavy (non-hydrogen) atoms. The molecular formula is C25H19F3N4O4S. The number of benzene rings is 2. The number of nitrogens with zero attached hydrogens (tertiary/aromatic N) is 3. The lowest BCUT2D eigenvalue weighted by Gasteiger charge is -2.29. The Bertz CT molecular complexity index is 1520. The van der Waals surface area contributed by atoms with Crippen LogP contribution in [0.15, 0.2) is 54.1 Å². The summed E-state index contributed by atoms with van der Waals surface area (Å²) in [6.45, 7) is 5.10. The summed E-state index contributed by atoms with van der Waals surface area (Å²) in [6, 6.07) is 10.5. The van der Waals surface area contributed by atoms with Crippen LogP contribution in [-0.4, -0.2) is 26.4 Å². The first kappa shape index (κ1) is 25.8. The molecule has 0 saturated carbocycles. The number of halogens is 3. The van der Waals surface area contributed by atoms with Gasteiger partial charge in [-0.15, -0.1) is 0 Å². The van der Waals surface area contributed by atoms with Gasteiger partial charge in [0.15, 0.2) is 5.11 Å². The van der Waals surface area contributed by atoms with Crippen LogP contribution in [-0.2, 0) is 15.8 Å². The predicted octanol–water partition coefficient (Wildman–Crippen LogP) is 5.16. The molecule has 0 radical (unpaired) electrons. The lowest BCUT2D eigenvalue weighted by molar-refractivity contribution is -0.385. The first-order chi connectivity index (χ1) is 17.3. The van der Waals surface area contributed by atoms with E-state index in [2.05, 4.69) is 5.32 Å². The smallest absolute Gasteiger partial charge is 0.318 e. The number of aryl methyl sites for hydroxylation is 2. The van der Waals surface area contributed by atoms with Gasteiger partial charge in [0, 0.05) is 23.0 Å². The van der Waals surface area contributed by atoms with E-state index in [1.165, 1.54) is 18.2 Å². The van der Waals surface area contributed by atoms with Crippen LogP contribution in [0.2, 0.25) is 0 Å². The predicted molar refractivity (Wildman–Crippen MR) is 134 cm³/mol. The molecule has 12 heteroatoms. The van der Waals surface area contributed by atoms with E-state index in [1.807, 2.05) is 0 Å². The summed E-state index contributed by atoms with van der Waals surface area (Å²) < 4.78 is 41.4. The molecule has 3 aromatic rings. The molecule has 1 N–H and O–H groups in total. The molecule has 0 unspecified atom stereocenters. The van der Waals surface area contributed by atoms with Gasteiger partial charge in [-0.25, -0.2) is 0 Å². The highest BCUT2D eigenvalue weighted by Gasteiger charge is 2.37. The van der Waals surface area contributed by atoms with Crippen molar-refractivity contribution < 1.29 is 27.7 Å². The summed E-state index contributed by atoms with van der Waals surface area (Å²) in [7, 11) is 0. The van der Waals surface area contributed by atoms with Crippen molar-refractivity contribution in [3.8, 4) is 5.69 Å². The molecule has 2 heterocycles. The van der Waals surface area contributed by atoms with Crippen molar-refractivity contribution >= 4 is 46.6 Å². The van der Waals surface area contributed by atoms with Crippen LogP contribution < -0.4 is 10.2 Å². The van der Waals surface area contributed by atoms with Crippen molar-refractivity contribution in [2.45, 2.75) is 26.9 Å². The average Bonchev–Trinajstić information content (AvgIpc) is 3.09. The summed E-state index contributed by atoms with van der Waals surface area (Å²) in [5.41, 5.74) is 1.23. The Morgan fingerprint density at radius 1 is 1.03 bits per heavy atom. The number of nitro groups is 1. The fourth-order valence-electron chi connectivity index (χ4n) is 4.13. The van der Waals surface area contributed by atoms with Crippen LogP contribution in [0.3, 0.4) is 0 Å². The van der Waals surface area contributed by atoms with E-state index in [-0.39, 0.29) is 22.1 Å². The minimum absolute atomic E-state index is 0.0583. The van der Waals surface area contributed by atoms with Gasteiger partial charge in [-0.05, 0) is 75.0 Å². The van der Waals surface area contributed by atoms with Crippen LogP contribution in [0.25, 0.3) is 11.8 Å². The normalized spacial score (nSPS) is 15.4. The molecule has 1 saturated heterocycles. The first-order valence-corrected chi connectivity index (χ1v) is 11.2. The highest BCUT2D eigenvalue weighted by Crippen LogP contribution is 2.33. The van der Waals surface area contributed by atoms with Crippen molar-refractivity contribution in [3.05, 3.63) is 92.3 Å². The number of amides is 2. The van der Waals surface area contributed by atoms with Crippen LogP contribution >= 0.6 is 12.2 Å². The standard InChI is InChI=1S/C25H19F3N4O4S/c1-13-7-8-19(12-21(13)32(35)36)30-14(2)9-16(15(30)3)10-20-22(33)29-24(37)31(23(20)34)18-6-4-5-17(11-18)25(26,27)28/h4-12H,1-3H3,(H,29,33,37)/b20-10+. The first-order valence-electron chi connectivity index (χ1n) is 10.8. The summed E-state index contributed by atoms with van der Waals surface area (Å²) in [4.78, 5) is 37.7. The van der Waals surface area contributed by atoms with Crippen molar-refractivity contribution in [1.82, 2.24) is 9.88 Å². The van der Waals surface area contributed by atoms with E-state index in [9.17, 15) is 32.9 Å². The molecule has 8 nitrogen and oxygen atoms in total. The molecule has 0 spiro atoms. The van der Waals surface area contributed by atoms with Gasteiger partial charge in [-0.1, -0.05) is 12.1 Å². The second-order valence-corrected chi connectivity index (χ2v) is 8.78. The topological polar surface area (TPSA) is 97.5 Å². The van der Waals surface area contributed by atoms with Crippen LogP contribution in [0, 0.1) is 30.9 Å². The van der Waals surface area contributed by atoms with Gasteiger partial charge in [-0.3, -0.25) is 29.9 Å². The number of alkyl halides is 3. The number of anilines is 1. The van der Waals surface area contributed by atoms with Gasteiger partial charge < -0.3 is 4.57 Å². The van der Waals surface area contributed by atoms with Gasteiger partial charge in [0.2, 0.25) is 0 Å². The maximum Gasteiger partial charge on any atom is 0.416 e. The number of carbonyl (C=O) groups excluding carboxylic acids is 2. The van der Waals surface area contributed by atoms with Gasteiger partial charge in [0.25, 0.3) is 17.5 Å². The Labute approximate surface area is 214 Å². The molecule has 1 fully saturated rings. The van der Waals surface area contributed by atoms with Gasteiger partial charge in [0.1, 0.15) is 5.57 Å². The number of nitro benzene ring substituents is 1. The molecule has 1 aliphatic rings. The number of aromatic nitrogens is 1. The Hall–Kier alpha value is -4.32. The maximum absolute atomic E-state index is 13.3. The number of carbonyl (C=O) groups is 2. The third-order valence-corrected chi connectivity index (χ3v) is 6.24. The lowest BCUT2D eigenvalue weighted by atomic mass is 10.1. The van der Waals surface area contributed by atoms with E-state index in [1.54, 1.807) is 43.5 Å². The molecule has 1 aromatic heterocycles. The second-order valence-electron chi connectivity index (χ2n) is 8.40. The maximum atomic E-state index is 13.3. The molecule has 4 rings (SSSR count). The van der Waals surface area contributed by atoms with Crippen LogP contribution in [0.4, 0.5) is 24.5 Å². The Morgan fingerprint density at radius 2 is 1.73 bits per heavy atom. The molecule has 1 aliphatic heterocycles. The third kappa shape index (κ3) is 4.75. The molecular weight excluding hydrogens is 509 g/mol. The number of nitrogens with one attached hydrogen (secondary N) is 1. The van der Waals surface area contributed by atoms with Crippen molar-refractivity contribution in [1.29, 1.82) is 0 Å². The fourth-order valence-corrected chi connectivity index (χ4v) is 4.41. The SMILES string of the molecule is Cc1ccc(-n2c(C)cc(/C=C3\C(=O)NC(=S)N(c4cccc(C(F)(F)F)c4)C3=O)c2C)cc1[N+](=O)[O-]. The zero-order valence-electron chi connectivity index (χ0n) is 19.7. The number of rotatable bonds is 4. The van der Waals surface area contributed by atoms with E-state index in [0.717, 1.165) is 23.1 Å². The molecule has 190 valence electrons. The molecule has 2 aromatic carbocycles. The zero-order chi connectivity index (χ0) is 27.2. The monoisotopic (exact) mass is 528 g/mol. The second kappa shape index (κ2) is 9.28. The van der Waals surface area contributed by atoms with E-state index in [0.29, 0.717) is 28.2 Å². The summed E-state index contributed by atoms with van der Waals surface area (Å²) in [6.07, 6.45) is -3.32. The van der Waals surface area contributed by atoms with Crippen molar-refractivity contribution in [2.75, 3.05) is 4.90 Å². The third-order valence-electron chi connectivity index (χ3n) is 5.95. The summed E-state index contributed by atoms with van der Waals surface area (Å²) in [5, 5.41) is 13.4. The minimum atomic E-state index is -4.64. The zero-order valence-corrected chi connectivity index (χ0v) is 20.5. The Balaban J connectivity index is 1.77. The summed E-state index contributed by atoms with van der Waals surface area (Å²) >= 11 is 5.08. The minimum Gasteiger partial charge on any atom is -0.318 e. The van der Waals surface area contributed by atoms with Crippen LogP contribution in [0.1, 0.15) is 28.1 Å². The Kier molecular flexibility index (Phi) is 6.46. The molecule has 0 bridgehead atoms. The van der Waals surface area contributed by atoms with E-state index in [4.69, 9.17) is 12.2 Å². The molecule has 0 atom stereocenters. The molecule has 0 aliphatic carbocycles. The lowest BCUT2D eigenvalue weighted by Crippen LogP contribution is -2.54. The van der Waals surface area contributed by atoms with Crippen molar-refractivity contribution in [2.24, 2.45) is 0 Å². The fraction of sp³-hybridized carbons (Fsp3) is 0.160. The van der Waals surface area contributed by atoms with E-state index >= 15 is 0 Å². The van der Waals surface area contributed by atoms with Gasteiger partial charge in [0.05, 0.1) is 21.9 Å². The van der Waals surface area contributed by atoms with Gasteiger partial charge >= 0.3 is 6.18 Å². The molecule has 2 amide bonds. The van der Waals surface area contributed by atoms with Crippen molar-refractivity contribution in [3.63, 3.8) is 0 Å². The number of thiocarbonyl (C=S) groups is 1. The largest absolute Gasteiger partial charge is 0.416 e. The Morgan fingerprint density at radius 3 is 2.38 bits per heavy atom. The average molecular weight is 529 g/mol. The quantitative estimate of drug-likeness (QED) is 0.166. The highest BCUT2D eigenvalue weighted by atomic mass is 32.1. The van der Waals surface area contributed by atoms with Gasteiger partial charge in [-0.2, -0.15) is 13.2 Å². The number of hydrogen-bond acceptors (Lipinski definition) is 5.